The van der Waals surface area contributed by atoms with Gasteiger partial charge in [-0.1, -0.05) is 24.6 Å². The summed E-state index contributed by atoms with van der Waals surface area (Å²) >= 11 is 6.43. The smallest absolute Gasteiger partial charge is 0.0642 e. The molecule has 1 aliphatic heterocycles. The maximum absolute atomic E-state index is 6.43. The average molecular weight is 282 g/mol. The molecule has 3 nitrogen and oxygen atoms in total. The average Bonchev–Trinajstić information content (AvgIpc) is 2.40. The topological polar surface area (TPSA) is 32.5 Å². The summed E-state index contributed by atoms with van der Waals surface area (Å²) in [6.07, 6.45) is 1.90. The molecule has 2 rings (SSSR count). The first-order valence-corrected chi connectivity index (χ1v) is 7.45. The molecule has 0 amide bonds. The van der Waals surface area contributed by atoms with Crippen molar-refractivity contribution in [2.45, 2.75) is 25.8 Å². The third-order valence-corrected chi connectivity index (χ3v) is 4.18. The fourth-order valence-corrected chi connectivity index (χ4v) is 2.75. The molecule has 1 unspecified atom stereocenters. The number of nitrogens with two attached hydrogens (primary N) is 1. The highest BCUT2D eigenvalue weighted by atomic mass is 35.5. The van der Waals surface area contributed by atoms with Crippen molar-refractivity contribution in [1.82, 2.24) is 4.90 Å². The van der Waals surface area contributed by atoms with E-state index in [0.717, 1.165) is 49.7 Å². The highest BCUT2D eigenvalue weighted by Crippen LogP contribution is 2.28. The number of halogens is 1. The van der Waals surface area contributed by atoms with Crippen molar-refractivity contribution in [1.29, 1.82) is 0 Å². The highest BCUT2D eigenvalue weighted by Gasteiger charge is 2.16. The lowest BCUT2D eigenvalue weighted by Gasteiger charge is -2.34. The van der Waals surface area contributed by atoms with Gasteiger partial charge in [-0.3, -0.25) is 0 Å². The molecule has 106 valence electrons. The predicted octanol–water partition coefficient (Wildman–Crippen LogP) is 2.37. The fourth-order valence-electron chi connectivity index (χ4n) is 2.43. The number of hydrogen-bond acceptors (Lipinski definition) is 3. The number of piperazine rings is 1. The summed E-state index contributed by atoms with van der Waals surface area (Å²) in [6, 6.07) is 6.61. The molecule has 0 radical (unpaired) electrons. The molecular weight excluding hydrogens is 258 g/mol. The maximum atomic E-state index is 6.43. The first-order chi connectivity index (χ1) is 9.10. The maximum Gasteiger partial charge on any atom is 0.0642 e. The van der Waals surface area contributed by atoms with E-state index in [1.165, 1.54) is 5.56 Å². The van der Waals surface area contributed by atoms with Gasteiger partial charge in [-0.05, 0) is 37.6 Å². The Kier molecular flexibility index (Phi) is 5.08. The van der Waals surface area contributed by atoms with E-state index in [-0.39, 0.29) is 6.04 Å². The number of hydrogen-bond donors (Lipinski definition) is 1. The second-order valence-electron chi connectivity index (χ2n) is 5.45. The van der Waals surface area contributed by atoms with Gasteiger partial charge in [0.05, 0.1) is 10.7 Å². The summed E-state index contributed by atoms with van der Waals surface area (Å²) in [5.41, 5.74) is 8.38. The van der Waals surface area contributed by atoms with Crippen LogP contribution < -0.4 is 10.6 Å². The van der Waals surface area contributed by atoms with Crippen LogP contribution in [0, 0.1) is 0 Å². The Morgan fingerprint density at radius 2 is 1.95 bits per heavy atom. The molecule has 1 heterocycles. The third-order valence-electron chi connectivity index (χ3n) is 3.88. The van der Waals surface area contributed by atoms with Gasteiger partial charge in [-0.25, -0.2) is 0 Å². The lowest BCUT2D eigenvalue weighted by Crippen LogP contribution is -2.44. The van der Waals surface area contributed by atoms with Crippen LogP contribution in [0.15, 0.2) is 18.2 Å². The van der Waals surface area contributed by atoms with Gasteiger partial charge in [-0.15, -0.1) is 0 Å². The van der Waals surface area contributed by atoms with Crippen molar-refractivity contribution in [2.24, 2.45) is 5.73 Å². The van der Waals surface area contributed by atoms with Crippen LogP contribution in [0.5, 0.6) is 0 Å². The summed E-state index contributed by atoms with van der Waals surface area (Å²) in [5.74, 6) is 0. The Hall–Kier alpha value is -0.770. The van der Waals surface area contributed by atoms with E-state index >= 15 is 0 Å². The molecule has 1 atom stereocenters. The van der Waals surface area contributed by atoms with Gasteiger partial charge < -0.3 is 15.5 Å². The largest absolute Gasteiger partial charge is 0.368 e. The molecule has 1 fully saturated rings. The second kappa shape index (κ2) is 6.60. The highest BCUT2D eigenvalue weighted by molar-refractivity contribution is 6.33. The Morgan fingerprint density at radius 1 is 1.26 bits per heavy atom. The molecule has 2 N–H and O–H groups in total. The number of likely N-dealkylation sites (N-methyl/N-ethyl adjacent to an activating group) is 1. The number of nitrogens with zero attached hydrogens (tertiary/aromatic N) is 2. The van der Waals surface area contributed by atoms with Crippen LogP contribution in [0.3, 0.4) is 0 Å². The van der Waals surface area contributed by atoms with Crippen molar-refractivity contribution in [3.05, 3.63) is 28.8 Å². The van der Waals surface area contributed by atoms with Gasteiger partial charge >= 0.3 is 0 Å². The van der Waals surface area contributed by atoms with Crippen LogP contribution in [0.2, 0.25) is 5.02 Å². The molecule has 0 saturated carbocycles. The Bertz CT molecular complexity index is 414. The molecule has 1 saturated heterocycles. The summed E-state index contributed by atoms with van der Waals surface area (Å²) in [5, 5.41) is 0.852. The van der Waals surface area contributed by atoms with Gasteiger partial charge in [0.1, 0.15) is 0 Å². The Balaban J connectivity index is 2.06. The molecular formula is C15H24ClN3. The normalized spacial score (nSPS) is 18.6. The zero-order valence-corrected chi connectivity index (χ0v) is 12.7. The summed E-state index contributed by atoms with van der Waals surface area (Å²) in [7, 11) is 2.16. The molecule has 0 aliphatic carbocycles. The van der Waals surface area contributed by atoms with Crippen molar-refractivity contribution in [2.75, 3.05) is 38.1 Å². The molecule has 1 aromatic rings. The van der Waals surface area contributed by atoms with Crippen LogP contribution in [0.25, 0.3) is 0 Å². The molecule has 0 spiro atoms. The fraction of sp³-hybridized carbons (Fsp3) is 0.600. The second-order valence-corrected chi connectivity index (χ2v) is 5.86. The van der Waals surface area contributed by atoms with Gasteiger partial charge in [-0.2, -0.15) is 0 Å². The third kappa shape index (κ3) is 3.85. The first kappa shape index (κ1) is 14.6. The number of anilines is 1. The monoisotopic (exact) mass is 281 g/mol. The lowest BCUT2D eigenvalue weighted by atomic mass is 10.0. The van der Waals surface area contributed by atoms with E-state index in [1.807, 2.05) is 0 Å². The molecule has 1 aromatic carbocycles. The van der Waals surface area contributed by atoms with Gasteiger partial charge in [0.15, 0.2) is 0 Å². The van der Waals surface area contributed by atoms with Crippen molar-refractivity contribution < 1.29 is 0 Å². The molecule has 4 heteroatoms. The van der Waals surface area contributed by atoms with E-state index in [4.69, 9.17) is 17.3 Å². The minimum absolute atomic E-state index is 0.227. The Labute approximate surface area is 121 Å². The molecule has 19 heavy (non-hydrogen) atoms. The van der Waals surface area contributed by atoms with Crippen molar-refractivity contribution >= 4 is 17.3 Å². The summed E-state index contributed by atoms with van der Waals surface area (Å²) in [4.78, 5) is 4.71. The van der Waals surface area contributed by atoms with E-state index in [1.54, 1.807) is 0 Å². The predicted molar refractivity (Wildman–Crippen MR) is 83.1 cm³/mol. The first-order valence-electron chi connectivity index (χ1n) is 7.07. The van der Waals surface area contributed by atoms with Crippen LogP contribution in [0.1, 0.15) is 18.9 Å². The standard InChI is InChI=1S/C15H24ClN3/c1-3-13(17)10-12-4-5-15(14(16)11-12)19-8-6-18(2)7-9-19/h4-5,11,13H,3,6-10,17H2,1-2H3. The van der Waals surface area contributed by atoms with Crippen LogP contribution >= 0.6 is 11.6 Å². The number of benzene rings is 1. The summed E-state index contributed by atoms with van der Waals surface area (Å²) in [6.45, 7) is 6.40. The zero-order chi connectivity index (χ0) is 13.8. The molecule has 0 bridgehead atoms. The van der Waals surface area contributed by atoms with E-state index < -0.39 is 0 Å². The van der Waals surface area contributed by atoms with Gasteiger partial charge in [0, 0.05) is 32.2 Å². The van der Waals surface area contributed by atoms with Gasteiger partial charge in [0.25, 0.3) is 0 Å². The van der Waals surface area contributed by atoms with Gasteiger partial charge in [0.2, 0.25) is 0 Å². The van der Waals surface area contributed by atoms with Crippen molar-refractivity contribution in [3.63, 3.8) is 0 Å². The van der Waals surface area contributed by atoms with E-state index in [9.17, 15) is 0 Å². The lowest BCUT2D eigenvalue weighted by molar-refractivity contribution is 0.313. The van der Waals surface area contributed by atoms with Crippen LogP contribution in [0.4, 0.5) is 5.69 Å². The molecule has 1 aliphatic rings. The molecule has 0 aromatic heterocycles. The quantitative estimate of drug-likeness (QED) is 0.920. The minimum Gasteiger partial charge on any atom is -0.368 e. The zero-order valence-electron chi connectivity index (χ0n) is 11.9. The minimum atomic E-state index is 0.227. The van der Waals surface area contributed by atoms with Crippen LogP contribution in [-0.2, 0) is 6.42 Å². The number of rotatable bonds is 4. The van der Waals surface area contributed by atoms with E-state index in [0.29, 0.717) is 0 Å². The van der Waals surface area contributed by atoms with E-state index in [2.05, 4.69) is 42.0 Å². The Morgan fingerprint density at radius 3 is 2.53 bits per heavy atom. The summed E-state index contributed by atoms with van der Waals surface area (Å²) < 4.78 is 0. The van der Waals surface area contributed by atoms with Crippen LogP contribution in [-0.4, -0.2) is 44.2 Å². The van der Waals surface area contributed by atoms with Crippen molar-refractivity contribution in [3.8, 4) is 0 Å². The SMILES string of the molecule is CCC(N)Cc1ccc(N2CCN(C)CC2)c(Cl)c1.